The number of benzene rings is 1. The van der Waals surface area contributed by atoms with Gasteiger partial charge < -0.3 is 5.32 Å². The monoisotopic (exact) mass is 349 g/mol. The quantitative estimate of drug-likeness (QED) is 0.611. The summed E-state index contributed by atoms with van der Waals surface area (Å²) in [6.07, 6.45) is 6.70. The summed E-state index contributed by atoms with van der Waals surface area (Å²) in [5, 5.41) is 14.8. The molecule has 3 rings (SSSR count). The van der Waals surface area contributed by atoms with Crippen LogP contribution in [0, 0.1) is 0 Å². The van der Waals surface area contributed by atoms with Gasteiger partial charge in [0.05, 0.1) is 5.69 Å². The SMILES string of the molecule is O=C(CCCC[C@@H]1CCSS1)Nc1cccc(-n2cnnn2)c1. The zero-order chi connectivity index (χ0) is 15.9. The van der Waals surface area contributed by atoms with E-state index < -0.39 is 0 Å². The number of hydrogen-bond acceptors (Lipinski definition) is 6. The number of anilines is 1. The lowest BCUT2D eigenvalue weighted by molar-refractivity contribution is -0.116. The molecule has 2 heterocycles. The Morgan fingerprint density at radius 3 is 3.13 bits per heavy atom. The van der Waals surface area contributed by atoms with Crippen LogP contribution in [0.3, 0.4) is 0 Å². The molecule has 122 valence electrons. The molecule has 0 spiro atoms. The minimum atomic E-state index is 0.0623. The second kappa shape index (κ2) is 8.35. The van der Waals surface area contributed by atoms with Crippen molar-refractivity contribution < 1.29 is 4.79 Å². The number of tetrazole rings is 1. The molecule has 0 saturated carbocycles. The van der Waals surface area contributed by atoms with Crippen molar-refractivity contribution in [1.29, 1.82) is 0 Å². The molecule has 6 nitrogen and oxygen atoms in total. The summed E-state index contributed by atoms with van der Waals surface area (Å²) in [6, 6.07) is 7.50. The van der Waals surface area contributed by atoms with Gasteiger partial charge in [0.25, 0.3) is 0 Å². The lowest BCUT2D eigenvalue weighted by Crippen LogP contribution is -2.11. The molecule has 1 fully saturated rings. The van der Waals surface area contributed by atoms with Crippen molar-refractivity contribution in [2.45, 2.75) is 37.4 Å². The Balaban J connectivity index is 1.43. The number of nitrogens with zero attached hydrogens (tertiary/aromatic N) is 4. The van der Waals surface area contributed by atoms with Crippen molar-refractivity contribution in [3.05, 3.63) is 30.6 Å². The Labute approximate surface area is 143 Å². The summed E-state index contributed by atoms with van der Waals surface area (Å²) < 4.78 is 1.56. The number of unbranched alkanes of at least 4 members (excludes halogenated alkanes) is 1. The van der Waals surface area contributed by atoms with Crippen LogP contribution < -0.4 is 5.32 Å². The summed E-state index contributed by atoms with van der Waals surface area (Å²) in [4.78, 5) is 12.0. The maximum atomic E-state index is 12.0. The van der Waals surface area contributed by atoms with Crippen LogP contribution in [0.25, 0.3) is 5.69 Å². The molecule has 0 radical (unpaired) electrons. The Kier molecular flexibility index (Phi) is 5.93. The lowest BCUT2D eigenvalue weighted by Gasteiger charge is -2.08. The predicted molar refractivity (Wildman–Crippen MR) is 94.7 cm³/mol. The summed E-state index contributed by atoms with van der Waals surface area (Å²) >= 11 is 0. The van der Waals surface area contributed by atoms with E-state index in [-0.39, 0.29) is 5.91 Å². The third-order valence-electron chi connectivity index (χ3n) is 3.65. The van der Waals surface area contributed by atoms with Gasteiger partial charge in [0, 0.05) is 23.1 Å². The van der Waals surface area contributed by atoms with Crippen molar-refractivity contribution in [3.63, 3.8) is 0 Å². The highest BCUT2D eigenvalue weighted by molar-refractivity contribution is 8.77. The number of carbonyl (C=O) groups is 1. The largest absolute Gasteiger partial charge is 0.326 e. The Morgan fingerprint density at radius 1 is 1.39 bits per heavy atom. The molecule has 1 aliphatic heterocycles. The van der Waals surface area contributed by atoms with E-state index in [0.29, 0.717) is 6.42 Å². The molecule has 0 unspecified atom stereocenters. The van der Waals surface area contributed by atoms with E-state index in [1.54, 1.807) is 4.68 Å². The smallest absolute Gasteiger partial charge is 0.224 e. The van der Waals surface area contributed by atoms with Crippen molar-refractivity contribution in [2.24, 2.45) is 0 Å². The molecule has 2 aromatic rings. The molecule has 1 amide bonds. The lowest BCUT2D eigenvalue weighted by atomic mass is 10.1. The van der Waals surface area contributed by atoms with Crippen LogP contribution in [0.5, 0.6) is 0 Å². The van der Waals surface area contributed by atoms with Crippen LogP contribution in [0.4, 0.5) is 5.69 Å². The molecule has 1 N–H and O–H groups in total. The van der Waals surface area contributed by atoms with Crippen LogP contribution in [0.15, 0.2) is 30.6 Å². The molecule has 0 aliphatic carbocycles. The van der Waals surface area contributed by atoms with Gasteiger partial charge in [0.15, 0.2) is 0 Å². The molecule has 23 heavy (non-hydrogen) atoms. The highest BCUT2D eigenvalue weighted by Crippen LogP contribution is 2.39. The fraction of sp³-hybridized carbons (Fsp3) is 0.467. The summed E-state index contributed by atoms with van der Waals surface area (Å²) in [6.45, 7) is 0. The van der Waals surface area contributed by atoms with Gasteiger partial charge in [-0.3, -0.25) is 4.79 Å². The van der Waals surface area contributed by atoms with E-state index in [4.69, 9.17) is 0 Å². The zero-order valence-corrected chi connectivity index (χ0v) is 14.4. The molecule has 1 saturated heterocycles. The second-order valence-corrected chi connectivity index (χ2v) is 8.22. The number of amides is 1. The van der Waals surface area contributed by atoms with E-state index in [1.807, 2.05) is 45.9 Å². The second-order valence-electron chi connectivity index (χ2n) is 5.43. The maximum absolute atomic E-state index is 12.0. The van der Waals surface area contributed by atoms with E-state index in [9.17, 15) is 4.79 Å². The molecule has 1 aromatic heterocycles. The van der Waals surface area contributed by atoms with Crippen LogP contribution in [0.2, 0.25) is 0 Å². The number of hydrogen-bond donors (Lipinski definition) is 1. The maximum Gasteiger partial charge on any atom is 0.224 e. The number of nitrogens with one attached hydrogen (secondary N) is 1. The number of carbonyl (C=O) groups excluding carboxylic acids is 1. The molecule has 1 aliphatic rings. The molecule has 1 aromatic carbocycles. The normalized spacial score (nSPS) is 17.3. The van der Waals surface area contributed by atoms with Gasteiger partial charge in [0.1, 0.15) is 6.33 Å². The van der Waals surface area contributed by atoms with Gasteiger partial charge in [-0.25, -0.2) is 4.68 Å². The Bertz CT molecular complexity index is 629. The minimum absolute atomic E-state index is 0.0623. The number of rotatable bonds is 7. The van der Waals surface area contributed by atoms with Gasteiger partial charge in [-0.1, -0.05) is 34.1 Å². The van der Waals surface area contributed by atoms with Gasteiger partial charge in [0.2, 0.25) is 5.91 Å². The minimum Gasteiger partial charge on any atom is -0.326 e. The van der Waals surface area contributed by atoms with Crippen molar-refractivity contribution in [2.75, 3.05) is 11.1 Å². The fourth-order valence-corrected chi connectivity index (χ4v) is 5.48. The van der Waals surface area contributed by atoms with E-state index in [0.717, 1.165) is 29.5 Å². The topological polar surface area (TPSA) is 72.7 Å². The first-order chi connectivity index (χ1) is 11.3. The summed E-state index contributed by atoms with van der Waals surface area (Å²) in [5.41, 5.74) is 1.59. The van der Waals surface area contributed by atoms with Gasteiger partial charge >= 0.3 is 0 Å². The highest BCUT2D eigenvalue weighted by atomic mass is 33.1. The zero-order valence-electron chi connectivity index (χ0n) is 12.7. The molecule has 1 atom stereocenters. The molecular formula is C15H19N5OS2. The van der Waals surface area contributed by atoms with Crippen LogP contribution in [-0.2, 0) is 4.79 Å². The number of aromatic nitrogens is 4. The summed E-state index contributed by atoms with van der Waals surface area (Å²) in [7, 11) is 3.97. The first-order valence-corrected chi connectivity index (χ1v) is 10.1. The van der Waals surface area contributed by atoms with Crippen LogP contribution >= 0.6 is 21.6 Å². The Morgan fingerprint density at radius 2 is 2.35 bits per heavy atom. The van der Waals surface area contributed by atoms with Crippen molar-refractivity contribution >= 4 is 33.2 Å². The summed E-state index contributed by atoms with van der Waals surface area (Å²) in [5.74, 6) is 1.33. The average Bonchev–Trinajstić information content (AvgIpc) is 3.25. The Hall–Kier alpha value is -1.54. The van der Waals surface area contributed by atoms with Gasteiger partial charge in [-0.2, -0.15) is 0 Å². The third kappa shape index (κ3) is 4.97. The van der Waals surface area contributed by atoms with Gasteiger partial charge in [-0.15, -0.1) is 5.10 Å². The molecule has 0 bridgehead atoms. The van der Waals surface area contributed by atoms with E-state index >= 15 is 0 Å². The van der Waals surface area contributed by atoms with Crippen LogP contribution in [-0.4, -0.2) is 37.1 Å². The average molecular weight is 349 g/mol. The highest BCUT2D eigenvalue weighted by Gasteiger charge is 2.15. The van der Waals surface area contributed by atoms with E-state index in [1.165, 1.54) is 24.9 Å². The van der Waals surface area contributed by atoms with Crippen LogP contribution in [0.1, 0.15) is 32.1 Å². The third-order valence-corrected chi connectivity index (χ3v) is 6.66. The van der Waals surface area contributed by atoms with Crippen molar-refractivity contribution in [1.82, 2.24) is 20.2 Å². The fourth-order valence-electron chi connectivity index (χ4n) is 2.45. The van der Waals surface area contributed by atoms with E-state index in [2.05, 4.69) is 20.8 Å². The van der Waals surface area contributed by atoms with Crippen molar-refractivity contribution in [3.8, 4) is 5.69 Å². The molecule has 8 heteroatoms. The van der Waals surface area contributed by atoms with Gasteiger partial charge in [-0.05, 0) is 47.9 Å². The molecular weight excluding hydrogens is 330 g/mol. The first kappa shape index (κ1) is 16.3. The standard InChI is InChI=1S/C15H19N5OS2/c21-15(7-2-1-6-14-8-9-22-23-14)17-12-4-3-5-13(10-12)20-11-16-18-19-20/h3-5,10-11,14H,1-2,6-9H2,(H,17,21)/t14-/m1/s1. The first-order valence-electron chi connectivity index (χ1n) is 7.73. The predicted octanol–water partition coefficient (Wildman–Crippen LogP) is 3.31.